The Labute approximate surface area is 120 Å². The topological polar surface area (TPSA) is 60.7 Å². The lowest BCUT2D eigenvalue weighted by Crippen LogP contribution is -2.27. The maximum absolute atomic E-state index is 10.3. The standard InChI is InChI=1S/C17H24O3/c1-10(18)5-6-13-14-7-11-3-2-4-16(19)15(11)8-12(14)9-17(13)20/h2-4,10,12-14,17-20H,5-9H2,1H3/t10-,12?,13+,14?,17+/m0/s1. The molecule has 2 aliphatic rings. The first kappa shape index (κ1) is 13.9. The predicted octanol–water partition coefficient (Wildman–Crippen LogP) is 2.27. The number of aliphatic hydroxyl groups is 2. The lowest BCUT2D eigenvalue weighted by Gasteiger charge is -2.31. The molecule has 2 aliphatic carbocycles. The third-order valence-electron chi connectivity index (χ3n) is 5.28. The molecule has 5 atom stereocenters. The van der Waals surface area contributed by atoms with E-state index in [1.807, 2.05) is 13.0 Å². The number of rotatable bonds is 3. The molecule has 3 nitrogen and oxygen atoms in total. The van der Waals surface area contributed by atoms with Crippen LogP contribution in [0, 0.1) is 17.8 Å². The van der Waals surface area contributed by atoms with Crippen LogP contribution < -0.4 is 0 Å². The molecule has 0 radical (unpaired) electrons. The van der Waals surface area contributed by atoms with E-state index in [1.54, 1.807) is 6.07 Å². The summed E-state index contributed by atoms with van der Waals surface area (Å²) in [7, 11) is 0. The van der Waals surface area contributed by atoms with Crippen LogP contribution in [0.2, 0.25) is 0 Å². The first-order valence-corrected chi connectivity index (χ1v) is 7.72. The Balaban J connectivity index is 1.79. The monoisotopic (exact) mass is 276 g/mol. The van der Waals surface area contributed by atoms with Crippen molar-refractivity contribution < 1.29 is 15.3 Å². The summed E-state index contributed by atoms with van der Waals surface area (Å²) >= 11 is 0. The molecule has 2 unspecified atom stereocenters. The molecule has 1 aromatic carbocycles. The van der Waals surface area contributed by atoms with Crippen molar-refractivity contribution in [2.24, 2.45) is 17.8 Å². The summed E-state index contributed by atoms with van der Waals surface area (Å²) in [5, 5.41) is 29.8. The van der Waals surface area contributed by atoms with Crippen LogP contribution in [0.4, 0.5) is 0 Å². The summed E-state index contributed by atoms with van der Waals surface area (Å²) in [6.07, 6.45) is 3.79. The van der Waals surface area contributed by atoms with Gasteiger partial charge in [-0.25, -0.2) is 0 Å². The zero-order chi connectivity index (χ0) is 14.3. The van der Waals surface area contributed by atoms with Crippen molar-refractivity contribution in [3.05, 3.63) is 29.3 Å². The third kappa shape index (κ3) is 2.45. The molecule has 0 aromatic heterocycles. The van der Waals surface area contributed by atoms with Crippen molar-refractivity contribution in [2.45, 2.75) is 51.2 Å². The molecule has 110 valence electrons. The zero-order valence-corrected chi connectivity index (χ0v) is 12.0. The van der Waals surface area contributed by atoms with Gasteiger partial charge in [0.2, 0.25) is 0 Å². The highest BCUT2D eigenvalue weighted by molar-refractivity contribution is 5.42. The smallest absolute Gasteiger partial charge is 0.119 e. The average molecular weight is 276 g/mol. The van der Waals surface area contributed by atoms with E-state index in [0.717, 1.165) is 37.7 Å². The summed E-state index contributed by atoms with van der Waals surface area (Å²) in [5.41, 5.74) is 2.32. The summed E-state index contributed by atoms with van der Waals surface area (Å²) < 4.78 is 0. The van der Waals surface area contributed by atoms with Gasteiger partial charge in [0.25, 0.3) is 0 Å². The Bertz CT molecular complexity index is 483. The molecule has 1 aromatic rings. The molecule has 3 N–H and O–H groups in total. The number of phenols is 1. The zero-order valence-electron chi connectivity index (χ0n) is 12.0. The van der Waals surface area contributed by atoms with E-state index in [0.29, 0.717) is 23.5 Å². The van der Waals surface area contributed by atoms with E-state index in [-0.39, 0.29) is 12.2 Å². The fourth-order valence-corrected chi connectivity index (χ4v) is 4.25. The highest BCUT2D eigenvalue weighted by Crippen LogP contribution is 2.48. The van der Waals surface area contributed by atoms with Gasteiger partial charge in [0.05, 0.1) is 12.2 Å². The lowest BCUT2D eigenvalue weighted by atomic mass is 9.73. The van der Waals surface area contributed by atoms with Crippen LogP contribution in [0.5, 0.6) is 5.75 Å². The van der Waals surface area contributed by atoms with Crippen LogP contribution >= 0.6 is 0 Å². The average Bonchev–Trinajstić information content (AvgIpc) is 2.69. The lowest BCUT2D eigenvalue weighted by molar-refractivity contribution is 0.0943. The van der Waals surface area contributed by atoms with Gasteiger partial charge in [-0.05, 0) is 74.0 Å². The van der Waals surface area contributed by atoms with Gasteiger partial charge in [-0.1, -0.05) is 12.1 Å². The Morgan fingerprint density at radius 2 is 2.10 bits per heavy atom. The Hall–Kier alpha value is -1.06. The van der Waals surface area contributed by atoms with E-state index < -0.39 is 0 Å². The van der Waals surface area contributed by atoms with Gasteiger partial charge in [-0.2, -0.15) is 0 Å². The van der Waals surface area contributed by atoms with E-state index in [2.05, 4.69) is 6.07 Å². The summed E-state index contributed by atoms with van der Waals surface area (Å²) in [6.45, 7) is 1.81. The van der Waals surface area contributed by atoms with Gasteiger partial charge in [0.15, 0.2) is 0 Å². The maximum Gasteiger partial charge on any atom is 0.119 e. The number of fused-ring (bicyclic) bond motifs is 2. The molecule has 0 heterocycles. The second-order valence-electron chi connectivity index (χ2n) is 6.64. The third-order valence-corrected chi connectivity index (χ3v) is 5.28. The van der Waals surface area contributed by atoms with Crippen LogP contribution in [0.15, 0.2) is 18.2 Å². The Kier molecular flexibility index (Phi) is 3.74. The number of hydrogen-bond donors (Lipinski definition) is 3. The fraction of sp³-hybridized carbons (Fsp3) is 0.647. The van der Waals surface area contributed by atoms with E-state index in [9.17, 15) is 15.3 Å². The SMILES string of the molecule is C[C@H](O)CC[C@@H]1C2Cc3cccc(O)c3CC2C[C@H]1O. The second-order valence-corrected chi connectivity index (χ2v) is 6.64. The van der Waals surface area contributed by atoms with Gasteiger partial charge in [0, 0.05) is 0 Å². The molecule has 1 saturated carbocycles. The first-order chi connectivity index (χ1) is 9.56. The van der Waals surface area contributed by atoms with Gasteiger partial charge in [0.1, 0.15) is 5.75 Å². The Morgan fingerprint density at radius 3 is 2.85 bits per heavy atom. The normalized spacial score (nSPS) is 33.5. The molecule has 0 amide bonds. The minimum atomic E-state index is -0.291. The van der Waals surface area contributed by atoms with Gasteiger partial charge in [-0.15, -0.1) is 0 Å². The highest BCUT2D eigenvalue weighted by atomic mass is 16.3. The fourth-order valence-electron chi connectivity index (χ4n) is 4.25. The predicted molar refractivity (Wildman–Crippen MR) is 77.5 cm³/mol. The molecule has 0 aliphatic heterocycles. The molecule has 0 saturated heterocycles. The van der Waals surface area contributed by atoms with Crippen molar-refractivity contribution in [3.8, 4) is 5.75 Å². The molecule has 3 heteroatoms. The largest absolute Gasteiger partial charge is 0.508 e. The highest BCUT2D eigenvalue weighted by Gasteiger charge is 2.44. The van der Waals surface area contributed by atoms with Crippen molar-refractivity contribution in [1.29, 1.82) is 0 Å². The first-order valence-electron chi connectivity index (χ1n) is 7.72. The molecule has 20 heavy (non-hydrogen) atoms. The van der Waals surface area contributed by atoms with Crippen molar-refractivity contribution >= 4 is 0 Å². The second kappa shape index (κ2) is 5.38. The van der Waals surface area contributed by atoms with E-state index in [4.69, 9.17) is 0 Å². The summed E-state index contributed by atoms with van der Waals surface area (Å²) in [4.78, 5) is 0. The molecular formula is C17H24O3. The Morgan fingerprint density at radius 1 is 1.30 bits per heavy atom. The number of benzene rings is 1. The number of phenolic OH excluding ortho intramolecular Hbond substituents is 1. The van der Waals surface area contributed by atoms with Gasteiger partial charge < -0.3 is 15.3 Å². The van der Waals surface area contributed by atoms with Gasteiger partial charge in [-0.3, -0.25) is 0 Å². The number of aliphatic hydroxyl groups excluding tert-OH is 2. The van der Waals surface area contributed by atoms with Crippen LogP contribution in [0.1, 0.15) is 37.3 Å². The number of aromatic hydroxyl groups is 1. The molecule has 0 spiro atoms. The molecular weight excluding hydrogens is 252 g/mol. The van der Waals surface area contributed by atoms with Crippen molar-refractivity contribution in [2.75, 3.05) is 0 Å². The molecule has 0 bridgehead atoms. The van der Waals surface area contributed by atoms with E-state index in [1.165, 1.54) is 5.56 Å². The summed E-state index contributed by atoms with van der Waals surface area (Å²) in [5.74, 6) is 1.68. The number of hydrogen-bond acceptors (Lipinski definition) is 3. The van der Waals surface area contributed by atoms with Crippen molar-refractivity contribution in [1.82, 2.24) is 0 Å². The molecule has 3 rings (SSSR count). The van der Waals surface area contributed by atoms with Gasteiger partial charge >= 0.3 is 0 Å². The van der Waals surface area contributed by atoms with Crippen LogP contribution in [-0.4, -0.2) is 27.5 Å². The van der Waals surface area contributed by atoms with Crippen molar-refractivity contribution in [3.63, 3.8) is 0 Å². The van der Waals surface area contributed by atoms with Crippen LogP contribution in [-0.2, 0) is 12.8 Å². The van der Waals surface area contributed by atoms with Crippen LogP contribution in [0.25, 0.3) is 0 Å². The van der Waals surface area contributed by atoms with Crippen LogP contribution in [0.3, 0.4) is 0 Å². The van der Waals surface area contributed by atoms with E-state index >= 15 is 0 Å². The quantitative estimate of drug-likeness (QED) is 0.793. The molecule has 1 fully saturated rings. The minimum absolute atomic E-state index is 0.250. The minimum Gasteiger partial charge on any atom is -0.508 e. The summed E-state index contributed by atoms with van der Waals surface area (Å²) in [6, 6.07) is 5.77. The maximum atomic E-state index is 10.3.